The number of H-pyrrole nitrogens is 1. The Hall–Kier alpha value is -2.91. The number of benzene rings is 1. The third kappa shape index (κ3) is 4.60. The van der Waals surface area contributed by atoms with Crippen LogP contribution < -0.4 is 20.5 Å². The van der Waals surface area contributed by atoms with Crippen molar-refractivity contribution in [3.8, 4) is 11.8 Å². The molecule has 5 rings (SSSR count). The van der Waals surface area contributed by atoms with Crippen LogP contribution in [0, 0.1) is 11.8 Å². The number of hydrogen-bond donors (Lipinski definition) is 3. The first-order chi connectivity index (χ1) is 16.1. The number of nitrogens with two attached hydrogens (primary N) is 1. The van der Waals surface area contributed by atoms with Crippen molar-refractivity contribution in [3.63, 3.8) is 0 Å². The van der Waals surface area contributed by atoms with Crippen LogP contribution in [0.2, 0.25) is 0 Å². The molecule has 2 unspecified atom stereocenters. The van der Waals surface area contributed by atoms with Gasteiger partial charge in [-0.25, -0.2) is 0 Å². The van der Waals surface area contributed by atoms with Crippen molar-refractivity contribution in [2.24, 2.45) is 11.8 Å². The fraction of sp³-hybridized carbons (Fsp3) is 0.542. The minimum absolute atomic E-state index is 0.295. The molecule has 4 N–H and O–H groups in total. The summed E-state index contributed by atoms with van der Waals surface area (Å²) in [5.74, 6) is 2.80. The summed E-state index contributed by atoms with van der Waals surface area (Å²) in [5.41, 5.74) is 10.6. The highest BCUT2D eigenvalue weighted by atomic mass is 16.5. The highest BCUT2D eigenvalue weighted by Crippen LogP contribution is 2.30. The van der Waals surface area contributed by atoms with Crippen LogP contribution in [0.25, 0.3) is 11.0 Å². The van der Waals surface area contributed by atoms with Crippen LogP contribution in [0.15, 0.2) is 18.2 Å². The van der Waals surface area contributed by atoms with Crippen LogP contribution >= 0.6 is 0 Å². The van der Waals surface area contributed by atoms with E-state index in [0.29, 0.717) is 35.9 Å². The SMILES string of the molecule is CCCCOc1nc(N)c2[nH]nc(Cc3ccc(CN4CC5CNCC5C4)cc3OC)c2n1. The predicted molar refractivity (Wildman–Crippen MR) is 127 cm³/mol. The van der Waals surface area contributed by atoms with Crippen molar-refractivity contribution in [2.75, 3.05) is 45.6 Å². The average Bonchev–Trinajstić information content (AvgIpc) is 3.51. The van der Waals surface area contributed by atoms with E-state index in [4.69, 9.17) is 15.2 Å². The Balaban J connectivity index is 1.33. The second-order valence-electron chi connectivity index (χ2n) is 9.18. The second kappa shape index (κ2) is 9.52. The van der Waals surface area contributed by atoms with Crippen molar-refractivity contribution < 1.29 is 9.47 Å². The van der Waals surface area contributed by atoms with Gasteiger partial charge in [0, 0.05) is 31.6 Å². The van der Waals surface area contributed by atoms with Gasteiger partial charge in [-0.15, -0.1) is 0 Å². The van der Waals surface area contributed by atoms with E-state index in [1.54, 1.807) is 7.11 Å². The maximum Gasteiger partial charge on any atom is 0.319 e. The monoisotopic (exact) mass is 451 g/mol. The van der Waals surface area contributed by atoms with Crippen LogP contribution in [0.4, 0.5) is 5.82 Å². The van der Waals surface area contributed by atoms with E-state index >= 15 is 0 Å². The van der Waals surface area contributed by atoms with Gasteiger partial charge >= 0.3 is 6.01 Å². The van der Waals surface area contributed by atoms with E-state index in [9.17, 15) is 0 Å². The van der Waals surface area contributed by atoms with Crippen LogP contribution in [0.5, 0.6) is 11.8 Å². The molecule has 176 valence electrons. The van der Waals surface area contributed by atoms with Gasteiger partial charge in [0.2, 0.25) is 0 Å². The number of fused-ring (bicyclic) bond motifs is 2. The molecule has 2 saturated heterocycles. The van der Waals surface area contributed by atoms with Crippen LogP contribution in [0.1, 0.15) is 36.6 Å². The third-order valence-electron chi connectivity index (χ3n) is 6.80. The zero-order valence-electron chi connectivity index (χ0n) is 19.4. The molecule has 9 heteroatoms. The number of unbranched alkanes of at least 4 members (excludes halogenated alkanes) is 1. The lowest BCUT2D eigenvalue weighted by Gasteiger charge is -2.18. The first-order valence-corrected chi connectivity index (χ1v) is 11.9. The highest BCUT2D eigenvalue weighted by Gasteiger charge is 2.35. The summed E-state index contributed by atoms with van der Waals surface area (Å²) in [6, 6.07) is 6.78. The fourth-order valence-electron chi connectivity index (χ4n) is 5.00. The van der Waals surface area contributed by atoms with Crippen LogP contribution in [0.3, 0.4) is 0 Å². The van der Waals surface area contributed by atoms with Crippen LogP contribution in [-0.4, -0.2) is 65.0 Å². The number of nitrogens with zero attached hydrogens (tertiary/aromatic N) is 4. The van der Waals surface area contributed by atoms with E-state index in [-0.39, 0.29) is 0 Å². The lowest BCUT2D eigenvalue weighted by molar-refractivity contribution is 0.287. The van der Waals surface area contributed by atoms with E-state index in [1.807, 2.05) is 0 Å². The van der Waals surface area contributed by atoms with Gasteiger partial charge in [-0.1, -0.05) is 25.5 Å². The first kappa shape index (κ1) is 21.9. The molecule has 4 heterocycles. The molecule has 0 amide bonds. The molecule has 2 aliphatic rings. The number of aromatic amines is 1. The van der Waals surface area contributed by atoms with Gasteiger partial charge < -0.3 is 20.5 Å². The summed E-state index contributed by atoms with van der Waals surface area (Å²) in [5, 5.41) is 11.0. The topological polar surface area (TPSA) is 114 Å². The minimum atomic E-state index is 0.295. The van der Waals surface area contributed by atoms with Gasteiger partial charge in [-0.2, -0.15) is 15.1 Å². The summed E-state index contributed by atoms with van der Waals surface area (Å²) < 4.78 is 11.4. The molecule has 1 aromatic carbocycles. The summed E-state index contributed by atoms with van der Waals surface area (Å²) >= 11 is 0. The summed E-state index contributed by atoms with van der Waals surface area (Å²) in [4.78, 5) is 11.4. The molecule has 3 aromatic rings. The average molecular weight is 452 g/mol. The molecule has 33 heavy (non-hydrogen) atoms. The Kier molecular flexibility index (Phi) is 6.32. The molecule has 2 aliphatic heterocycles. The Bertz CT molecular complexity index is 1100. The number of anilines is 1. The van der Waals surface area contributed by atoms with Crippen molar-refractivity contribution in [1.82, 2.24) is 30.4 Å². The predicted octanol–water partition coefficient (Wildman–Crippen LogP) is 2.36. The minimum Gasteiger partial charge on any atom is -0.496 e. The summed E-state index contributed by atoms with van der Waals surface area (Å²) in [7, 11) is 1.72. The largest absolute Gasteiger partial charge is 0.496 e. The number of rotatable bonds is 9. The smallest absolute Gasteiger partial charge is 0.319 e. The van der Waals surface area contributed by atoms with Crippen LogP contribution in [-0.2, 0) is 13.0 Å². The number of aromatic nitrogens is 4. The number of nitrogens with one attached hydrogen (secondary N) is 2. The van der Waals surface area contributed by atoms with Gasteiger partial charge in [0.25, 0.3) is 0 Å². The number of ether oxygens (including phenoxy) is 2. The van der Waals surface area contributed by atoms with Crippen molar-refractivity contribution in [3.05, 3.63) is 35.0 Å². The van der Waals surface area contributed by atoms with E-state index in [2.05, 4.69) is 55.5 Å². The van der Waals surface area contributed by atoms with Gasteiger partial charge in [0.1, 0.15) is 16.8 Å². The van der Waals surface area contributed by atoms with Gasteiger partial charge in [0.15, 0.2) is 5.82 Å². The highest BCUT2D eigenvalue weighted by molar-refractivity contribution is 5.86. The fourth-order valence-corrected chi connectivity index (χ4v) is 5.00. The van der Waals surface area contributed by atoms with Crippen molar-refractivity contribution in [1.29, 1.82) is 0 Å². The molecular weight excluding hydrogens is 418 g/mol. The van der Waals surface area contributed by atoms with Gasteiger partial charge in [0.05, 0.1) is 19.4 Å². The van der Waals surface area contributed by atoms with E-state index in [1.165, 1.54) is 18.7 Å². The molecule has 2 fully saturated rings. The molecule has 0 aliphatic carbocycles. The maximum absolute atomic E-state index is 6.12. The molecule has 0 spiro atoms. The molecule has 0 bridgehead atoms. The second-order valence-corrected chi connectivity index (χ2v) is 9.18. The quantitative estimate of drug-likeness (QED) is 0.425. The zero-order chi connectivity index (χ0) is 22.8. The lowest BCUT2D eigenvalue weighted by atomic mass is 10.0. The Morgan fingerprint density at radius 2 is 2.00 bits per heavy atom. The molecule has 0 radical (unpaired) electrons. The number of nitrogen functional groups attached to an aromatic ring is 1. The Labute approximate surface area is 194 Å². The summed E-state index contributed by atoms with van der Waals surface area (Å²) in [6.07, 6.45) is 2.56. The Morgan fingerprint density at radius 1 is 1.18 bits per heavy atom. The van der Waals surface area contributed by atoms with Gasteiger partial charge in [-0.05, 0) is 43.0 Å². The number of likely N-dealkylation sites (tertiary alicyclic amines) is 1. The maximum atomic E-state index is 6.12. The standard InChI is InChI=1S/C24H33N7O2/c1-3-4-7-33-24-27-21-19(29-30-22(21)23(25)28-24)9-16-6-5-15(8-20(16)32-2)12-31-13-17-10-26-11-18(17)14-31/h5-6,8,17-18,26H,3-4,7,9-14H2,1-2H3,(H,29,30)(H2,25,27,28). The molecule has 2 aromatic heterocycles. The van der Waals surface area contributed by atoms with Crippen molar-refractivity contribution in [2.45, 2.75) is 32.7 Å². The lowest BCUT2D eigenvalue weighted by Crippen LogP contribution is -2.25. The molecule has 0 saturated carbocycles. The zero-order valence-corrected chi connectivity index (χ0v) is 19.4. The molecular formula is C24H33N7O2. The normalized spacial score (nSPS) is 20.4. The summed E-state index contributed by atoms with van der Waals surface area (Å²) in [6.45, 7) is 8.29. The molecule has 9 nitrogen and oxygen atoms in total. The number of hydrogen-bond acceptors (Lipinski definition) is 8. The van der Waals surface area contributed by atoms with E-state index in [0.717, 1.165) is 61.3 Å². The molecule has 2 atom stereocenters. The van der Waals surface area contributed by atoms with Gasteiger partial charge in [-0.3, -0.25) is 10.00 Å². The number of methoxy groups -OCH3 is 1. The first-order valence-electron chi connectivity index (χ1n) is 11.9. The Morgan fingerprint density at radius 3 is 2.76 bits per heavy atom. The van der Waals surface area contributed by atoms with Crippen molar-refractivity contribution >= 4 is 16.9 Å². The third-order valence-corrected chi connectivity index (χ3v) is 6.80. The van der Waals surface area contributed by atoms with E-state index < -0.39 is 0 Å².